The van der Waals surface area contributed by atoms with E-state index < -0.39 is 0 Å². The number of rotatable bonds is 6. The first kappa shape index (κ1) is 18.8. The van der Waals surface area contributed by atoms with E-state index in [2.05, 4.69) is 47.9 Å². The molecule has 3 heteroatoms. The van der Waals surface area contributed by atoms with Gasteiger partial charge < -0.3 is 9.64 Å². The van der Waals surface area contributed by atoms with Gasteiger partial charge >= 0.3 is 0 Å². The predicted molar refractivity (Wildman–Crippen MR) is 112 cm³/mol. The Morgan fingerprint density at radius 1 is 1.11 bits per heavy atom. The molecule has 146 valence electrons. The van der Waals surface area contributed by atoms with Crippen LogP contribution in [0, 0.1) is 11.8 Å². The third kappa shape index (κ3) is 3.46. The third-order valence-corrected chi connectivity index (χ3v) is 6.54. The Morgan fingerprint density at radius 2 is 1.86 bits per heavy atom. The molecule has 2 aromatic rings. The minimum absolute atomic E-state index is 0.0327. The van der Waals surface area contributed by atoms with Crippen molar-refractivity contribution in [3.63, 3.8) is 0 Å². The van der Waals surface area contributed by atoms with Crippen LogP contribution < -0.4 is 4.74 Å². The van der Waals surface area contributed by atoms with E-state index >= 15 is 0 Å². The number of ether oxygens (including phenoxy) is 1. The van der Waals surface area contributed by atoms with E-state index in [1.54, 1.807) is 7.11 Å². The summed E-state index contributed by atoms with van der Waals surface area (Å²) >= 11 is 0. The van der Waals surface area contributed by atoms with Crippen molar-refractivity contribution in [2.24, 2.45) is 11.8 Å². The summed E-state index contributed by atoms with van der Waals surface area (Å²) in [5.41, 5.74) is 2.32. The molecule has 1 aliphatic carbocycles. The first-order valence-corrected chi connectivity index (χ1v) is 10.3. The van der Waals surface area contributed by atoms with Gasteiger partial charge in [-0.3, -0.25) is 4.79 Å². The number of fused-ring (bicyclic) bond motifs is 1. The summed E-state index contributed by atoms with van der Waals surface area (Å²) in [6.07, 6.45) is 6.51. The second-order valence-electron chi connectivity index (χ2n) is 8.06. The Labute approximate surface area is 168 Å². The monoisotopic (exact) mass is 375 g/mol. The molecule has 2 aromatic carbocycles. The van der Waals surface area contributed by atoms with Gasteiger partial charge in [0.2, 0.25) is 5.91 Å². The molecule has 1 heterocycles. The van der Waals surface area contributed by atoms with Crippen molar-refractivity contribution < 1.29 is 9.53 Å². The quantitative estimate of drug-likeness (QED) is 0.651. The van der Waals surface area contributed by atoms with Gasteiger partial charge in [0.05, 0.1) is 13.0 Å². The highest BCUT2D eigenvalue weighted by molar-refractivity contribution is 5.87. The van der Waals surface area contributed by atoms with Gasteiger partial charge in [0.1, 0.15) is 5.75 Å². The van der Waals surface area contributed by atoms with Crippen LogP contribution in [0.5, 0.6) is 5.75 Å². The number of hydrogen-bond acceptors (Lipinski definition) is 2. The molecule has 0 aromatic heterocycles. The fourth-order valence-electron chi connectivity index (χ4n) is 5.29. The molecule has 3 nitrogen and oxygen atoms in total. The number of likely N-dealkylation sites (tertiary alicyclic amines) is 1. The first-order chi connectivity index (χ1) is 13.7. The van der Waals surface area contributed by atoms with Crippen LogP contribution in [0.1, 0.15) is 42.7 Å². The Bertz CT molecular complexity index is 814. The van der Waals surface area contributed by atoms with Crippen LogP contribution >= 0.6 is 0 Å². The lowest BCUT2D eigenvalue weighted by molar-refractivity contribution is -0.130. The molecular weight excluding hydrogens is 346 g/mol. The molecule has 4 atom stereocenters. The molecule has 1 saturated carbocycles. The molecule has 0 unspecified atom stereocenters. The number of benzene rings is 2. The van der Waals surface area contributed by atoms with Crippen molar-refractivity contribution in [1.29, 1.82) is 0 Å². The van der Waals surface area contributed by atoms with E-state index in [1.165, 1.54) is 12.8 Å². The fraction of sp³-hybridized carbons (Fsp3) is 0.400. The van der Waals surface area contributed by atoms with Crippen LogP contribution in [0.2, 0.25) is 0 Å². The summed E-state index contributed by atoms with van der Waals surface area (Å²) in [5.74, 6) is 2.01. The molecule has 0 bridgehead atoms. The predicted octanol–water partition coefficient (Wildman–Crippen LogP) is 5.18. The second-order valence-corrected chi connectivity index (χ2v) is 8.06. The van der Waals surface area contributed by atoms with Gasteiger partial charge in [-0.25, -0.2) is 0 Å². The maximum absolute atomic E-state index is 13.6. The summed E-state index contributed by atoms with van der Waals surface area (Å²) in [4.78, 5) is 15.8. The molecule has 1 amide bonds. The van der Waals surface area contributed by atoms with Crippen LogP contribution in [0.4, 0.5) is 0 Å². The summed E-state index contributed by atoms with van der Waals surface area (Å²) in [5, 5.41) is 0. The summed E-state index contributed by atoms with van der Waals surface area (Å²) in [6, 6.07) is 18.8. The van der Waals surface area contributed by atoms with Crippen LogP contribution in [0.25, 0.3) is 0 Å². The molecule has 2 fully saturated rings. The normalized spacial score (nSPS) is 26.8. The maximum atomic E-state index is 13.6. The van der Waals surface area contributed by atoms with Crippen LogP contribution in [-0.2, 0) is 11.3 Å². The molecular formula is C25H29NO2. The zero-order chi connectivity index (χ0) is 19.5. The number of nitrogens with zero attached hydrogens (tertiary/aromatic N) is 1. The Kier molecular flexibility index (Phi) is 5.52. The SMILES string of the molecule is C=CC[C@@H]1CCC[C@@H]2[C@H]1[C@@H](c1ccccc1)C(=O)N2Cc1ccc(OC)cc1. The molecule has 1 saturated heterocycles. The van der Waals surface area contributed by atoms with Gasteiger partial charge in [-0.2, -0.15) is 0 Å². The van der Waals surface area contributed by atoms with Crippen molar-refractivity contribution in [2.45, 2.75) is 44.2 Å². The Morgan fingerprint density at radius 3 is 2.54 bits per heavy atom. The lowest BCUT2D eigenvalue weighted by atomic mass is 9.69. The van der Waals surface area contributed by atoms with E-state index in [-0.39, 0.29) is 11.8 Å². The molecule has 4 rings (SSSR count). The lowest BCUT2D eigenvalue weighted by Gasteiger charge is -2.38. The minimum atomic E-state index is -0.0327. The fourth-order valence-corrected chi connectivity index (χ4v) is 5.29. The standard InChI is InChI=1S/C25H29NO2/c1-3-8-19-11-7-12-22-23(19)24(20-9-5-4-6-10-20)25(27)26(22)17-18-13-15-21(28-2)16-14-18/h3-6,9-10,13-16,19,22-24H,1,7-8,11-12,17H2,2H3/t19-,22-,23+,24-/m1/s1. The van der Waals surface area contributed by atoms with E-state index in [0.717, 1.165) is 29.7 Å². The summed E-state index contributed by atoms with van der Waals surface area (Å²) in [7, 11) is 1.68. The van der Waals surface area contributed by atoms with Crippen LogP contribution in [-0.4, -0.2) is 24.0 Å². The lowest BCUT2D eigenvalue weighted by Crippen LogP contribution is -2.39. The van der Waals surface area contributed by atoms with Gasteiger partial charge in [-0.15, -0.1) is 6.58 Å². The van der Waals surface area contributed by atoms with Crippen molar-refractivity contribution >= 4 is 5.91 Å². The van der Waals surface area contributed by atoms with Crippen molar-refractivity contribution in [1.82, 2.24) is 4.90 Å². The molecule has 2 aliphatic rings. The van der Waals surface area contributed by atoms with E-state index in [4.69, 9.17) is 4.74 Å². The first-order valence-electron chi connectivity index (χ1n) is 10.3. The number of carbonyl (C=O) groups is 1. The Balaban J connectivity index is 1.66. The second kappa shape index (κ2) is 8.22. The molecule has 1 aliphatic heterocycles. The molecule has 0 spiro atoms. The largest absolute Gasteiger partial charge is 0.497 e. The Hall–Kier alpha value is -2.55. The van der Waals surface area contributed by atoms with Crippen LogP contribution in [0.3, 0.4) is 0 Å². The van der Waals surface area contributed by atoms with Gasteiger partial charge in [0.15, 0.2) is 0 Å². The van der Waals surface area contributed by atoms with Crippen molar-refractivity contribution in [3.8, 4) is 5.75 Å². The third-order valence-electron chi connectivity index (χ3n) is 6.54. The van der Waals surface area contributed by atoms with E-state index in [0.29, 0.717) is 24.4 Å². The minimum Gasteiger partial charge on any atom is -0.497 e. The van der Waals surface area contributed by atoms with Crippen molar-refractivity contribution in [3.05, 3.63) is 78.4 Å². The van der Waals surface area contributed by atoms with Crippen LogP contribution in [0.15, 0.2) is 67.3 Å². The topological polar surface area (TPSA) is 29.5 Å². The van der Waals surface area contributed by atoms with Crippen molar-refractivity contribution in [2.75, 3.05) is 7.11 Å². The molecule has 28 heavy (non-hydrogen) atoms. The van der Waals surface area contributed by atoms with E-state index in [1.807, 2.05) is 24.3 Å². The number of allylic oxidation sites excluding steroid dienone is 1. The van der Waals surface area contributed by atoms with Gasteiger partial charge in [-0.1, -0.05) is 55.0 Å². The zero-order valence-corrected chi connectivity index (χ0v) is 16.6. The van der Waals surface area contributed by atoms with E-state index in [9.17, 15) is 4.79 Å². The van der Waals surface area contributed by atoms with Gasteiger partial charge in [-0.05, 0) is 54.4 Å². The summed E-state index contributed by atoms with van der Waals surface area (Å²) in [6.45, 7) is 4.65. The number of carbonyl (C=O) groups excluding carboxylic acids is 1. The zero-order valence-electron chi connectivity index (χ0n) is 16.6. The molecule has 0 radical (unpaired) electrons. The number of hydrogen-bond donors (Lipinski definition) is 0. The highest BCUT2D eigenvalue weighted by Crippen LogP contribution is 2.50. The maximum Gasteiger partial charge on any atom is 0.231 e. The highest BCUT2D eigenvalue weighted by Gasteiger charge is 2.52. The average molecular weight is 376 g/mol. The van der Waals surface area contributed by atoms with Gasteiger partial charge in [0.25, 0.3) is 0 Å². The smallest absolute Gasteiger partial charge is 0.231 e. The van der Waals surface area contributed by atoms with Gasteiger partial charge in [0, 0.05) is 12.6 Å². The highest BCUT2D eigenvalue weighted by atomic mass is 16.5. The average Bonchev–Trinajstić information content (AvgIpc) is 3.02. The summed E-state index contributed by atoms with van der Waals surface area (Å²) < 4.78 is 5.27. The number of amides is 1. The number of methoxy groups -OCH3 is 1. The molecule has 0 N–H and O–H groups in total.